The van der Waals surface area contributed by atoms with E-state index in [0.29, 0.717) is 34.2 Å². The number of amides is 1. The number of anilines is 1. The number of benzene rings is 3. The minimum Gasteiger partial charge on any atom is -0.489 e. The molecule has 3 aromatic carbocycles. The van der Waals surface area contributed by atoms with Gasteiger partial charge in [-0.3, -0.25) is 4.79 Å². The third-order valence-corrected chi connectivity index (χ3v) is 3.88. The average Bonchev–Trinajstić information content (AvgIpc) is 2.67. The highest BCUT2D eigenvalue weighted by Crippen LogP contribution is 2.20. The Balaban J connectivity index is 1.66. The van der Waals surface area contributed by atoms with Crippen LogP contribution in [0.25, 0.3) is 0 Å². The lowest BCUT2D eigenvalue weighted by Crippen LogP contribution is -2.11. The molecule has 0 bridgehead atoms. The van der Waals surface area contributed by atoms with E-state index in [4.69, 9.17) is 21.6 Å². The van der Waals surface area contributed by atoms with E-state index in [-0.39, 0.29) is 5.91 Å². The number of carbonyl (C=O) groups excluding carboxylic acids is 1. The van der Waals surface area contributed by atoms with Gasteiger partial charge < -0.3 is 10.1 Å². The molecule has 1 N–H and O–H groups in total. The number of ether oxygens (including phenoxy) is 1. The molecule has 0 radical (unpaired) electrons. The quantitative estimate of drug-likeness (QED) is 0.691. The molecule has 5 heteroatoms. The Morgan fingerprint density at radius 2 is 1.85 bits per heavy atom. The van der Waals surface area contributed by atoms with Crippen LogP contribution in [0.2, 0.25) is 5.02 Å². The van der Waals surface area contributed by atoms with Crippen molar-refractivity contribution in [2.45, 2.75) is 6.61 Å². The van der Waals surface area contributed by atoms with Crippen LogP contribution in [0, 0.1) is 11.3 Å². The second-order valence-corrected chi connectivity index (χ2v) is 6.03. The number of halogens is 1. The van der Waals surface area contributed by atoms with E-state index in [9.17, 15) is 4.79 Å². The molecule has 0 saturated carbocycles. The fraction of sp³-hybridized carbons (Fsp3) is 0.0476. The highest BCUT2D eigenvalue weighted by molar-refractivity contribution is 6.31. The largest absolute Gasteiger partial charge is 0.489 e. The molecule has 3 rings (SSSR count). The molecule has 26 heavy (non-hydrogen) atoms. The zero-order valence-corrected chi connectivity index (χ0v) is 14.5. The summed E-state index contributed by atoms with van der Waals surface area (Å²) in [6.07, 6.45) is 0. The third kappa shape index (κ3) is 4.62. The number of carbonyl (C=O) groups is 1. The van der Waals surface area contributed by atoms with Gasteiger partial charge in [-0.25, -0.2) is 0 Å². The maximum atomic E-state index is 12.3. The van der Waals surface area contributed by atoms with Crippen molar-refractivity contribution in [1.29, 1.82) is 5.26 Å². The van der Waals surface area contributed by atoms with Crippen LogP contribution in [0.1, 0.15) is 21.5 Å². The fourth-order valence-electron chi connectivity index (χ4n) is 2.39. The summed E-state index contributed by atoms with van der Waals surface area (Å²) in [5, 5.41) is 12.3. The van der Waals surface area contributed by atoms with E-state index in [1.807, 2.05) is 18.2 Å². The topological polar surface area (TPSA) is 62.1 Å². The summed E-state index contributed by atoms with van der Waals surface area (Å²) >= 11 is 5.92. The first kappa shape index (κ1) is 17.5. The molecular formula is C21H15ClN2O2. The van der Waals surface area contributed by atoms with Crippen molar-refractivity contribution in [3.8, 4) is 11.8 Å². The number of rotatable bonds is 5. The Morgan fingerprint density at radius 3 is 2.65 bits per heavy atom. The molecule has 0 heterocycles. The fourth-order valence-corrected chi connectivity index (χ4v) is 2.58. The van der Waals surface area contributed by atoms with E-state index < -0.39 is 0 Å². The number of nitrogens with zero attached hydrogens (tertiary/aromatic N) is 1. The lowest BCUT2D eigenvalue weighted by atomic mass is 10.1. The van der Waals surface area contributed by atoms with Crippen molar-refractivity contribution < 1.29 is 9.53 Å². The van der Waals surface area contributed by atoms with E-state index in [1.165, 1.54) is 0 Å². The number of hydrogen-bond acceptors (Lipinski definition) is 3. The second-order valence-electron chi connectivity index (χ2n) is 5.59. The maximum absolute atomic E-state index is 12.3. The Labute approximate surface area is 156 Å². The zero-order chi connectivity index (χ0) is 18.4. The van der Waals surface area contributed by atoms with Crippen molar-refractivity contribution in [3.63, 3.8) is 0 Å². The van der Waals surface area contributed by atoms with E-state index >= 15 is 0 Å². The van der Waals surface area contributed by atoms with Crippen molar-refractivity contribution in [1.82, 2.24) is 0 Å². The predicted octanol–water partition coefficient (Wildman–Crippen LogP) is 5.04. The van der Waals surface area contributed by atoms with E-state index in [1.54, 1.807) is 54.6 Å². The highest BCUT2D eigenvalue weighted by Gasteiger charge is 2.07. The van der Waals surface area contributed by atoms with Gasteiger partial charge in [0.15, 0.2) is 0 Å². The van der Waals surface area contributed by atoms with Gasteiger partial charge in [0.2, 0.25) is 0 Å². The summed E-state index contributed by atoms with van der Waals surface area (Å²) in [6, 6.07) is 23.2. The van der Waals surface area contributed by atoms with Gasteiger partial charge in [0.05, 0.1) is 11.6 Å². The summed E-state index contributed by atoms with van der Waals surface area (Å²) in [4.78, 5) is 12.3. The van der Waals surface area contributed by atoms with Gasteiger partial charge in [0.1, 0.15) is 12.4 Å². The molecule has 0 saturated heterocycles. The molecule has 0 aliphatic rings. The molecule has 4 nitrogen and oxygen atoms in total. The first-order valence-electron chi connectivity index (χ1n) is 7.93. The van der Waals surface area contributed by atoms with E-state index in [2.05, 4.69) is 11.4 Å². The molecular weight excluding hydrogens is 348 g/mol. The van der Waals surface area contributed by atoms with E-state index in [0.717, 1.165) is 5.56 Å². The summed E-state index contributed by atoms with van der Waals surface area (Å²) in [6.45, 7) is 0.335. The molecule has 0 atom stereocenters. The van der Waals surface area contributed by atoms with Crippen LogP contribution >= 0.6 is 11.6 Å². The van der Waals surface area contributed by atoms with Gasteiger partial charge in [0.25, 0.3) is 5.91 Å². The van der Waals surface area contributed by atoms with Crippen LogP contribution in [0.4, 0.5) is 5.69 Å². The van der Waals surface area contributed by atoms with Gasteiger partial charge in [-0.15, -0.1) is 0 Å². The molecule has 0 unspecified atom stereocenters. The van der Waals surface area contributed by atoms with Crippen molar-refractivity contribution >= 4 is 23.2 Å². The standard InChI is InChI=1S/C21H15ClN2O2/c22-18-7-2-6-17(11-18)21(25)24-19-8-3-9-20(12-19)26-14-16-5-1-4-15(10-16)13-23/h1-12H,14H2,(H,24,25). The highest BCUT2D eigenvalue weighted by atomic mass is 35.5. The van der Waals surface area contributed by atoms with Crippen LogP contribution in [-0.2, 0) is 6.61 Å². The van der Waals surface area contributed by atoms with Gasteiger partial charge in [-0.2, -0.15) is 5.26 Å². The zero-order valence-electron chi connectivity index (χ0n) is 13.8. The Bertz CT molecular complexity index is 979. The molecule has 0 fully saturated rings. The monoisotopic (exact) mass is 362 g/mol. The summed E-state index contributed by atoms with van der Waals surface area (Å²) in [7, 11) is 0. The molecule has 0 aromatic heterocycles. The van der Waals surface area contributed by atoms with Crippen LogP contribution in [0.15, 0.2) is 72.8 Å². The van der Waals surface area contributed by atoms with Crippen molar-refractivity contribution in [2.24, 2.45) is 0 Å². The number of nitrogens with one attached hydrogen (secondary N) is 1. The summed E-state index contributed by atoms with van der Waals surface area (Å²) in [5.74, 6) is 0.377. The normalized spacial score (nSPS) is 10.0. The summed E-state index contributed by atoms with van der Waals surface area (Å²) < 4.78 is 5.76. The number of hydrogen-bond donors (Lipinski definition) is 1. The minimum absolute atomic E-state index is 0.244. The molecule has 0 aliphatic heterocycles. The number of nitriles is 1. The lowest BCUT2D eigenvalue weighted by molar-refractivity contribution is 0.102. The minimum atomic E-state index is -0.244. The van der Waals surface area contributed by atoms with Gasteiger partial charge >= 0.3 is 0 Å². The van der Waals surface area contributed by atoms with Crippen molar-refractivity contribution in [2.75, 3.05) is 5.32 Å². The summed E-state index contributed by atoms with van der Waals surface area (Å²) in [5.41, 5.74) is 2.60. The van der Waals surface area contributed by atoms with Gasteiger partial charge in [-0.05, 0) is 48.0 Å². The SMILES string of the molecule is N#Cc1cccc(COc2cccc(NC(=O)c3cccc(Cl)c3)c2)c1. The Kier molecular flexibility index (Phi) is 5.52. The molecule has 0 aliphatic carbocycles. The van der Waals surface area contributed by atoms with Crippen molar-refractivity contribution in [3.05, 3.63) is 94.5 Å². The molecule has 128 valence electrons. The maximum Gasteiger partial charge on any atom is 0.255 e. The molecule has 1 amide bonds. The lowest BCUT2D eigenvalue weighted by Gasteiger charge is -2.10. The first-order valence-corrected chi connectivity index (χ1v) is 8.31. The van der Waals surface area contributed by atoms with Gasteiger partial charge in [-0.1, -0.05) is 35.9 Å². The van der Waals surface area contributed by atoms with Crippen LogP contribution < -0.4 is 10.1 Å². The Morgan fingerprint density at radius 1 is 1.04 bits per heavy atom. The Hall–Kier alpha value is -3.29. The van der Waals surface area contributed by atoms with Crippen LogP contribution in [0.5, 0.6) is 5.75 Å². The van der Waals surface area contributed by atoms with Crippen LogP contribution in [0.3, 0.4) is 0 Å². The smallest absolute Gasteiger partial charge is 0.255 e. The molecule has 3 aromatic rings. The van der Waals surface area contributed by atoms with Gasteiger partial charge in [0, 0.05) is 22.3 Å². The predicted molar refractivity (Wildman–Crippen MR) is 101 cm³/mol. The van der Waals surface area contributed by atoms with Crippen LogP contribution in [-0.4, -0.2) is 5.91 Å². The second kappa shape index (κ2) is 8.19. The first-order chi connectivity index (χ1) is 12.6. The molecule has 0 spiro atoms. The average molecular weight is 363 g/mol. The third-order valence-electron chi connectivity index (χ3n) is 3.64.